The third kappa shape index (κ3) is 4.42. The van der Waals surface area contributed by atoms with Gasteiger partial charge in [-0.2, -0.15) is 0 Å². The highest BCUT2D eigenvalue weighted by Crippen LogP contribution is 2.29. The summed E-state index contributed by atoms with van der Waals surface area (Å²) in [6.07, 6.45) is 4.15. The topological polar surface area (TPSA) is 61.8 Å². The number of carbonyl (C=O) groups excluding carboxylic acids is 2. The molecule has 0 unspecified atom stereocenters. The lowest BCUT2D eigenvalue weighted by Crippen LogP contribution is -2.38. The number of rotatable bonds is 5. The second-order valence-electron chi connectivity index (χ2n) is 6.38. The summed E-state index contributed by atoms with van der Waals surface area (Å²) in [7, 11) is 0. The van der Waals surface area contributed by atoms with Gasteiger partial charge in [-0.25, -0.2) is 0 Å². The van der Waals surface area contributed by atoms with Crippen LogP contribution in [0.5, 0.6) is 0 Å². The van der Waals surface area contributed by atoms with Crippen LogP contribution in [0.15, 0.2) is 12.2 Å². The summed E-state index contributed by atoms with van der Waals surface area (Å²) in [4.78, 5) is 23.4. The maximum absolute atomic E-state index is 11.7. The molecule has 20 heavy (non-hydrogen) atoms. The molecule has 0 aromatic carbocycles. The number of ketones is 1. The van der Waals surface area contributed by atoms with Gasteiger partial charge in [-0.1, -0.05) is 0 Å². The van der Waals surface area contributed by atoms with Gasteiger partial charge in [0.25, 0.3) is 0 Å². The van der Waals surface area contributed by atoms with E-state index >= 15 is 0 Å². The van der Waals surface area contributed by atoms with Crippen LogP contribution in [0.2, 0.25) is 0 Å². The van der Waals surface area contributed by atoms with E-state index < -0.39 is 17.8 Å². The van der Waals surface area contributed by atoms with Crippen molar-refractivity contribution in [3.63, 3.8) is 0 Å². The lowest BCUT2D eigenvalue weighted by atomic mass is 9.97. The van der Waals surface area contributed by atoms with E-state index in [1.165, 1.54) is 18.9 Å². The fourth-order valence-corrected chi connectivity index (χ4v) is 1.65. The van der Waals surface area contributed by atoms with E-state index in [9.17, 15) is 9.59 Å². The predicted octanol–water partition coefficient (Wildman–Crippen LogP) is 1.85. The largest absolute Gasteiger partial charge is 0.462 e. The van der Waals surface area contributed by atoms with Gasteiger partial charge in [0.05, 0.1) is 12.0 Å². The fraction of sp³-hybridized carbons (Fsp3) is 0.733. The molecule has 112 valence electrons. The quantitative estimate of drug-likeness (QED) is 0.720. The van der Waals surface area contributed by atoms with Gasteiger partial charge < -0.3 is 14.2 Å². The molecule has 0 saturated heterocycles. The van der Waals surface area contributed by atoms with Crippen molar-refractivity contribution in [2.75, 3.05) is 13.2 Å². The van der Waals surface area contributed by atoms with Gasteiger partial charge in [-0.05, 0) is 51.7 Å². The molecule has 0 aromatic rings. The minimum Gasteiger partial charge on any atom is -0.462 e. The number of hydrogen-bond donors (Lipinski definition) is 0. The lowest BCUT2D eigenvalue weighted by Gasteiger charge is -2.26. The summed E-state index contributed by atoms with van der Waals surface area (Å²) < 4.78 is 16.2. The zero-order valence-corrected chi connectivity index (χ0v) is 12.3. The predicted molar refractivity (Wildman–Crippen MR) is 71.9 cm³/mol. The standard InChI is InChI=1S/C15H22O5/c1-15(2,3)14(17)19-9-12-11(16)6-7-13(20-12)18-8-10-4-5-10/h6-7,10,12-13H,4-5,8-9H2,1-3H3/t12-,13+/m1/s1. The summed E-state index contributed by atoms with van der Waals surface area (Å²) in [6, 6.07) is 0. The molecule has 2 aliphatic rings. The van der Waals surface area contributed by atoms with Gasteiger partial charge in [0.15, 0.2) is 18.2 Å². The first-order valence-electron chi connectivity index (χ1n) is 7.02. The van der Waals surface area contributed by atoms with Crippen LogP contribution in [-0.2, 0) is 23.8 Å². The summed E-state index contributed by atoms with van der Waals surface area (Å²) in [6.45, 7) is 5.88. The molecule has 5 nitrogen and oxygen atoms in total. The third-order valence-corrected chi connectivity index (χ3v) is 3.20. The van der Waals surface area contributed by atoms with Gasteiger partial charge >= 0.3 is 5.97 Å². The van der Waals surface area contributed by atoms with Gasteiger partial charge in [0.2, 0.25) is 0 Å². The molecule has 0 spiro atoms. The van der Waals surface area contributed by atoms with E-state index in [1.54, 1.807) is 26.8 Å². The zero-order valence-electron chi connectivity index (χ0n) is 12.3. The second kappa shape index (κ2) is 6.06. The molecule has 1 fully saturated rings. The van der Waals surface area contributed by atoms with Gasteiger partial charge in [0, 0.05) is 0 Å². The molecule has 1 saturated carbocycles. The summed E-state index contributed by atoms with van der Waals surface area (Å²) in [5.41, 5.74) is -0.588. The van der Waals surface area contributed by atoms with Crippen molar-refractivity contribution in [1.82, 2.24) is 0 Å². The Morgan fingerprint density at radius 2 is 2.05 bits per heavy atom. The monoisotopic (exact) mass is 282 g/mol. The van der Waals surface area contributed by atoms with E-state index in [4.69, 9.17) is 14.2 Å². The van der Waals surface area contributed by atoms with E-state index in [0.717, 1.165) is 0 Å². The van der Waals surface area contributed by atoms with Crippen molar-refractivity contribution in [3.8, 4) is 0 Å². The van der Waals surface area contributed by atoms with Crippen molar-refractivity contribution in [3.05, 3.63) is 12.2 Å². The first-order valence-corrected chi connectivity index (χ1v) is 7.02. The van der Waals surface area contributed by atoms with Crippen LogP contribution in [0, 0.1) is 11.3 Å². The number of ether oxygens (including phenoxy) is 3. The molecule has 0 amide bonds. The fourth-order valence-electron chi connectivity index (χ4n) is 1.65. The first-order chi connectivity index (χ1) is 9.36. The lowest BCUT2D eigenvalue weighted by molar-refractivity contribution is -0.180. The van der Waals surface area contributed by atoms with Crippen molar-refractivity contribution >= 4 is 11.8 Å². The number of esters is 1. The van der Waals surface area contributed by atoms with Crippen molar-refractivity contribution in [2.24, 2.45) is 11.3 Å². The van der Waals surface area contributed by atoms with E-state index in [-0.39, 0.29) is 18.4 Å². The van der Waals surface area contributed by atoms with E-state index in [0.29, 0.717) is 12.5 Å². The average Bonchev–Trinajstić information content (AvgIpc) is 3.18. The van der Waals surface area contributed by atoms with Gasteiger partial charge in [0.1, 0.15) is 6.61 Å². The smallest absolute Gasteiger partial charge is 0.311 e. The van der Waals surface area contributed by atoms with Crippen LogP contribution >= 0.6 is 0 Å². The molecule has 1 aliphatic carbocycles. The molecule has 1 aliphatic heterocycles. The van der Waals surface area contributed by atoms with Crippen molar-refractivity contribution in [2.45, 2.75) is 46.0 Å². The third-order valence-electron chi connectivity index (χ3n) is 3.20. The molecule has 1 heterocycles. The maximum atomic E-state index is 11.7. The second-order valence-corrected chi connectivity index (χ2v) is 6.38. The first kappa shape index (κ1) is 15.2. The Hall–Kier alpha value is -1.20. The zero-order chi connectivity index (χ0) is 14.8. The molecule has 0 bridgehead atoms. The Kier molecular flexibility index (Phi) is 4.60. The number of hydrogen-bond acceptors (Lipinski definition) is 5. The molecular formula is C15H22O5. The number of carbonyl (C=O) groups is 2. The van der Waals surface area contributed by atoms with E-state index in [2.05, 4.69) is 0 Å². The van der Waals surface area contributed by atoms with Gasteiger partial charge in [-0.15, -0.1) is 0 Å². The molecule has 2 rings (SSSR count). The molecule has 0 aromatic heterocycles. The van der Waals surface area contributed by atoms with Crippen LogP contribution in [0.3, 0.4) is 0 Å². The van der Waals surface area contributed by atoms with Crippen LogP contribution in [0.4, 0.5) is 0 Å². The summed E-state index contributed by atoms with van der Waals surface area (Å²) in [5, 5.41) is 0. The van der Waals surface area contributed by atoms with Crippen molar-refractivity contribution < 1.29 is 23.8 Å². The maximum Gasteiger partial charge on any atom is 0.311 e. The molecule has 2 atom stereocenters. The minimum absolute atomic E-state index is 0.0669. The Balaban J connectivity index is 1.79. The van der Waals surface area contributed by atoms with Crippen molar-refractivity contribution in [1.29, 1.82) is 0 Å². The van der Waals surface area contributed by atoms with E-state index in [1.807, 2.05) is 0 Å². The highest BCUT2D eigenvalue weighted by molar-refractivity contribution is 5.94. The van der Waals surface area contributed by atoms with Crippen LogP contribution < -0.4 is 0 Å². The Bertz CT molecular complexity index is 403. The van der Waals surface area contributed by atoms with Crippen LogP contribution in [0.25, 0.3) is 0 Å². The average molecular weight is 282 g/mol. The summed E-state index contributed by atoms with van der Waals surface area (Å²) >= 11 is 0. The Labute approximate surface area is 119 Å². The van der Waals surface area contributed by atoms with Crippen LogP contribution in [0.1, 0.15) is 33.6 Å². The van der Waals surface area contributed by atoms with Crippen LogP contribution in [-0.4, -0.2) is 37.4 Å². The highest BCUT2D eigenvalue weighted by atomic mass is 16.7. The highest BCUT2D eigenvalue weighted by Gasteiger charge is 2.31. The Morgan fingerprint density at radius 1 is 1.35 bits per heavy atom. The molecular weight excluding hydrogens is 260 g/mol. The summed E-state index contributed by atoms with van der Waals surface area (Å²) in [5.74, 6) is 0.0821. The molecule has 0 N–H and O–H groups in total. The minimum atomic E-state index is -0.768. The molecule has 5 heteroatoms. The SMILES string of the molecule is CC(C)(C)C(=O)OC[C@H]1O[C@H](OCC2CC2)C=CC1=O. The Morgan fingerprint density at radius 3 is 2.65 bits per heavy atom. The van der Waals surface area contributed by atoms with Gasteiger partial charge in [-0.3, -0.25) is 9.59 Å². The normalized spacial score (nSPS) is 26.6. The molecule has 0 radical (unpaired) electrons.